The summed E-state index contributed by atoms with van der Waals surface area (Å²) in [6.45, 7) is 1.67. The van der Waals surface area contributed by atoms with Gasteiger partial charge in [-0.2, -0.15) is 0 Å². The van der Waals surface area contributed by atoms with Gasteiger partial charge in [-0.05, 0) is 13.3 Å². The molecule has 2 aromatic heterocycles. The first-order chi connectivity index (χ1) is 9.08. The second-order valence-electron chi connectivity index (χ2n) is 3.96. The van der Waals surface area contributed by atoms with Crippen molar-refractivity contribution >= 4 is 5.97 Å². The van der Waals surface area contributed by atoms with E-state index >= 15 is 0 Å². The Balaban J connectivity index is 2.37. The van der Waals surface area contributed by atoms with Gasteiger partial charge < -0.3 is 10.1 Å². The summed E-state index contributed by atoms with van der Waals surface area (Å²) >= 11 is 0. The maximum absolute atomic E-state index is 11.9. The maximum atomic E-state index is 11.9. The van der Waals surface area contributed by atoms with E-state index in [0.29, 0.717) is 22.8 Å². The van der Waals surface area contributed by atoms with E-state index in [2.05, 4.69) is 19.9 Å². The number of aromatic amines is 1. The third-order valence-corrected chi connectivity index (χ3v) is 2.62. The van der Waals surface area contributed by atoms with Gasteiger partial charge in [0.1, 0.15) is 5.69 Å². The van der Waals surface area contributed by atoms with Gasteiger partial charge in [-0.15, -0.1) is 0 Å². The van der Waals surface area contributed by atoms with E-state index in [4.69, 9.17) is 5.11 Å². The number of aromatic nitrogens is 4. The zero-order valence-corrected chi connectivity index (χ0v) is 10.3. The van der Waals surface area contributed by atoms with Crippen LogP contribution in [-0.4, -0.2) is 31.0 Å². The molecule has 0 aliphatic carbocycles. The van der Waals surface area contributed by atoms with E-state index in [1.54, 1.807) is 6.92 Å². The molecular weight excluding hydrogens is 248 g/mol. The van der Waals surface area contributed by atoms with Crippen LogP contribution >= 0.6 is 0 Å². The van der Waals surface area contributed by atoms with Gasteiger partial charge in [0, 0.05) is 30.1 Å². The highest BCUT2D eigenvalue weighted by molar-refractivity contribution is 5.67. The number of nitrogens with zero attached hydrogens (tertiary/aromatic N) is 3. The van der Waals surface area contributed by atoms with Crippen molar-refractivity contribution in [3.63, 3.8) is 0 Å². The molecule has 0 amide bonds. The van der Waals surface area contributed by atoms with Gasteiger partial charge >= 0.3 is 5.97 Å². The summed E-state index contributed by atoms with van der Waals surface area (Å²) in [5.41, 5.74) is 1.02. The fourth-order valence-corrected chi connectivity index (χ4v) is 1.68. The molecule has 0 aliphatic heterocycles. The predicted octanol–water partition coefficient (Wildman–Crippen LogP) is 0.553. The van der Waals surface area contributed by atoms with Crippen molar-refractivity contribution in [2.45, 2.75) is 19.8 Å². The topological polar surface area (TPSA) is 109 Å². The van der Waals surface area contributed by atoms with Gasteiger partial charge in [0.25, 0.3) is 5.56 Å². The van der Waals surface area contributed by atoms with Crippen LogP contribution in [-0.2, 0) is 11.2 Å². The van der Waals surface area contributed by atoms with Crippen LogP contribution in [0.15, 0.2) is 23.4 Å². The molecule has 7 nitrogen and oxygen atoms in total. The highest BCUT2D eigenvalue weighted by Gasteiger charge is 2.11. The van der Waals surface area contributed by atoms with E-state index in [1.165, 1.54) is 18.6 Å². The zero-order chi connectivity index (χ0) is 13.8. The Hall–Kier alpha value is -2.57. The highest BCUT2D eigenvalue weighted by Crippen LogP contribution is 2.10. The number of hydrogen-bond acceptors (Lipinski definition) is 5. The van der Waals surface area contributed by atoms with Gasteiger partial charge in [0.15, 0.2) is 5.82 Å². The van der Waals surface area contributed by atoms with E-state index in [9.17, 15) is 9.59 Å². The quantitative estimate of drug-likeness (QED) is 0.831. The van der Waals surface area contributed by atoms with Gasteiger partial charge in [-0.3, -0.25) is 14.6 Å². The fraction of sp³-hybridized carbons (Fsp3) is 0.250. The normalized spacial score (nSPS) is 10.4. The lowest BCUT2D eigenvalue weighted by Gasteiger charge is -2.05. The zero-order valence-electron chi connectivity index (χ0n) is 10.3. The van der Waals surface area contributed by atoms with Crippen molar-refractivity contribution in [3.8, 4) is 11.5 Å². The third kappa shape index (κ3) is 3.01. The van der Waals surface area contributed by atoms with E-state index in [-0.39, 0.29) is 18.4 Å². The SMILES string of the molecule is Cc1nc(-c2cnccn2)[nH]c(=O)c1CCC(=O)O. The van der Waals surface area contributed by atoms with Crippen LogP contribution in [0.3, 0.4) is 0 Å². The second kappa shape index (κ2) is 5.38. The van der Waals surface area contributed by atoms with Crippen molar-refractivity contribution < 1.29 is 9.90 Å². The minimum Gasteiger partial charge on any atom is -0.481 e. The Kier molecular flexibility index (Phi) is 3.65. The number of aryl methyl sites for hydroxylation is 1. The first-order valence-electron chi connectivity index (χ1n) is 5.66. The summed E-state index contributed by atoms with van der Waals surface area (Å²) in [7, 11) is 0. The Morgan fingerprint density at radius 3 is 2.79 bits per heavy atom. The standard InChI is InChI=1S/C12H12N4O3/c1-7-8(2-3-10(17)18)12(19)16-11(15-7)9-6-13-4-5-14-9/h4-6H,2-3H2,1H3,(H,17,18)(H,15,16,19). The molecule has 0 aliphatic rings. The van der Waals surface area contributed by atoms with E-state index in [0.717, 1.165) is 0 Å². The Bertz CT molecular complexity index is 652. The molecule has 0 radical (unpaired) electrons. The van der Waals surface area contributed by atoms with E-state index in [1.807, 2.05) is 0 Å². The molecule has 2 rings (SSSR count). The average molecular weight is 260 g/mol. The van der Waals surface area contributed by atoms with Crippen LogP contribution in [0.2, 0.25) is 0 Å². The summed E-state index contributed by atoms with van der Waals surface area (Å²) in [6, 6.07) is 0. The molecule has 2 N–H and O–H groups in total. The van der Waals surface area contributed by atoms with Crippen LogP contribution in [0.4, 0.5) is 0 Å². The molecule has 7 heteroatoms. The molecule has 2 aromatic rings. The van der Waals surface area contributed by atoms with Gasteiger partial charge in [0.05, 0.1) is 6.20 Å². The molecule has 2 heterocycles. The predicted molar refractivity (Wildman–Crippen MR) is 66.6 cm³/mol. The van der Waals surface area contributed by atoms with Crippen molar-refractivity contribution in [2.24, 2.45) is 0 Å². The molecule has 0 saturated heterocycles. The van der Waals surface area contributed by atoms with Crippen LogP contribution in [0.25, 0.3) is 11.5 Å². The number of rotatable bonds is 4. The minimum absolute atomic E-state index is 0.101. The monoisotopic (exact) mass is 260 g/mol. The summed E-state index contributed by atoms with van der Waals surface area (Å²) in [5.74, 6) is -0.619. The van der Waals surface area contributed by atoms with E-state index < -0.39 is 5.97 Å². The van der Waals surface area contributed by atoms with Crippen molar-refractivity contribution in [1.82, 2.24) is 19.9 Å². The summed E-state index contributed by atoms with van der Waals surface area (Å²) in [5, 5.41) is 8.64. The number of hydrogen-bond donors (Lipinski definition) is 2. The molecule has 0 fully saturated rings. The largest absolute Gasteiger partial charge is 0.481 e. The van der Waals surface area contributed by atoms with Gasteiger partial charge in [-0.25, -0.2) is 9.97 Å². The number of carboxylic acids is 1. The summed E-state index contributed by atoms with van der Waals surface area (Å²) in [4.78, 5) is 37.2. The smallest absolute Gasteiger partial charge is 0.303 e. The molecule has 0 saturated carbocycles. The molecule has 0 unspecified atom stereocenters. The molecule has 0 bridgehead atoms. The number of carbonyl (C=O) groups is 1. The Morgan fingerprint density at radius 2 is 2.21 bits per heavy atom. The van der Waals surface area contributed by atoms with Crippen LogP contribution in [0, 0.1) is 6.92 Å². The maximum Gasteiger partial charge on any atom is 0.303 e. The van der Waals surface area contributed by atoms with Crippen LogP contribution in [0.5, 0.6) is 0 Å². The molecular formula is C12H12N4O3. The van der Waals surface area contributed by atoms with Crippen molar-refractivity contribution in [2.75, 3.05) is 0 Å². The van der Waals surface area contributed by atoms with Crippen molar-refractivity contribution in [1.29, 1.82) is 0 Å². The molecule has 0 aromatic carbocycles. The Morgan fingerprint density at radius 1 is 1.42 bits per heavy atom. The summed E-state index contributed by atoms with van der Waals surface area (Å²) < 4.78 is 0. The summed E-state index contributed by atoms with van der Waals surface area (Å²) in [6.07, 6.45) is 4.58. The number of carboxylic acid groups (broad SMARTS) is 1. The molecule has 0 spiro atoms. The minimum atomic E-state index is -0.947. The lowest BCUT2D eigenvalue weighted by atomic mass is 10.1. The van der Waals surface area contributed by atoms with Gasteiger partial charge in [0.2, 0.25) is 0 Å². The number of aliphatic carboxylic acids is 1. The first kappa shape index (κ1) is 12.9. The second-order valence-corrected chi connectivity index (χ2v) is 3.96. The Labute approximate surface area is 108 Å². The fourth-order valence-electron chi connectivity index (χ4n) is 1.68. The lowest BCUT2D eigenvalue weighted by molar-refractivity contribution is -0.136. The van der Waals surface area contributed by atoms with Crippen LogP contribution < -0.4 is 5.56 Å². The first-order valence-corrected chi connectivity index (χ1v) is 5.66. The average Bonchev–Trinajstić information content (AvgIpc) is 2.38. The number of H-pyrrole nitrogens is 1. The third-order valence-electron chi connectivity index (χ3n) is 2.62. The molecule has 0 atom stereocenters. The highest BCUT2D eigenvalue weighted by atomic mass is 16.4. The molecule has 19 heavy (non-hydrogen) atoms. The van der Waals surface area contributed by atoms with Crippen LogP contribution in [0.1, 0.15) is 17.7 Å². The number of nitrogens with one attached hydrogen (secondary N) is 1. The van der Waals surface area contributed by atoms with Gasteiger partial charge in [-0.1, -0.05) is 0 Å². The lowest BCUT2D eigenvalue weighted by Crippen LogP contribution is -2.18. The van der Waals surface area contributed by atoms with Crippen molar-refractivity contribution in [3.05, 3.63) is 40.2 Å². The molecule has 98 valence electrons.